The predicted octanol–water partition coefficient (Wildman–Crippen LogP) is 4.85. The number of allylic oxidation sites excluding steroid dienone is 2. The molecule has 0 spiro atoms. The lowest BCUT2D eigenvalue weighted by molar-refractivity contribution is -0.142. The summed E-state index contributed by atoms with van der Waals surface area (Å²) in [6, 6.07) is 7.99. The molecule has 116 valence electrons. The van der Waals surface area contributed by atoms with Gasteiger partial charge >= 0.3 is 5.97 Å². The number of nitrogens with zero attached hydrogens (tertiary/aromatic N) is 1. The van der Waals surface area contributed by atoms with Crippen LogP contribution in [0.4, 0.5) is 0 Å². The van der Waals surface area contributed by atoms with Crippen LogP contribution in [-0.2, 0) is 4.79 Å². The molecule has 3 rings (SSSR count). The van der Waals surface area contributed by atoms with Gasteiger partial charge in [-0.3, -0.25) is 4.79 Å². The second-order valence-corrected chi connectivity index (χ2v) is 6.96. The van der Waals surface area contributed by atoms with E-state index in [4.69, 9.17) is 4.74 Å². The Morgan fingerprint density at radius 3 is 2.73 bits per heavy atom. The standard InChI is InChI=1S/C19H23NO2/c1-19(2,3)18(21)22-17-13-16(14-9-5-4-6-10-14)20-12-8-7-11-15(17)20/h7-9,11-13H,4-6,10H2,1-3H3. The van der Waals surface area contributed by atoms with Crippen LogP contribution in [0.1, 0.15) is 52.1 Å². The number of carbonyl (C=O) groups is 1. The van der Waals surface area contributed by atoms with Crippen LogP contribution in [0, 0.1) is 5.41 Å². The van der Waals surface area contributed by atoms with Crippen molar-refractivity contribution in [3.8, 4) is 5.75 Å². The second kappa shape index (κ2) is 5.64. The number of pyridine rings is 1. The smallest absolute Gasteiger partial charge is 0.316 e. The van der Waals surface area contributed by atoms with Crippen LogP contribution in [0.15, 0.2) is 36.5 Å². The third-order valence-electron chi connectivity index (χ3n) is 4.07. The van der Waals surface area contributed by atoms with Gasteiger partial charge in [0.25, 0.3) is 0 Å². The van der Waals surface area contributed by atoms with Crippen molar-refractivity contribution in [1.82, 2.24) is 4.40 Å². The highest BCUT2D eigenvalue weighted by atomic mass is 16.5. The number of hydrogen-bond acceptors (Lipinski definition) is 2. The molecule has 2 aromatic heterocycles. The van der Waals surface area contributed by atoms with E-state index < -0.39 is 5.41 Å². The molecule has 1 aliphatic carbocycles. The molecule has 0 aromatic carbocycles. The Balaban J connectivity index is 2.04. The Kier molecular flexibility index (Phi) is 3.81. The number of hydrogen-bond donors (Lipinski definition) is 0. The average Bonchev–Trinajstić information content (AvgIpc) is 2.86. The maximum atomic E-state index is 12.2. The zero-order valence-corrected chi connectivity index (χ0v) is 13.6. The number of rotatable bonds is 2. The topological polar surface area (TPSA) is 30.7 Å². The fourth-order valence-electron chi connectivity index (χ4n) is 2.77. The molecule has 0 aliphatic heterocycles. The van der Waals surface area contributed by atoms with E-state index in [2.05, 4.69) is 10.5 Å². The highest BCUT2D eigenvalue weighted by Crippen LogP contribution is 2.34. The van der Waals surface area contributed by atoms with Crippen LogP contribution in [0.25, 0.3) is 11.1 Å². The van der Waals surface area contributed by atoms with E-state index in [1.165, 1.54) is 18.4 Å². The maximum Gasteiger partial charge on any atom is 0.316 e. The summed E-state index contributed by atoms with van der Waals surface area (Å²) in [4.78, 5) is 12.2. The lowest BCUT2D eigenvalue weighted by Crippen LogP contribution is -2.25. The monoisotopic (exact) mass is 297 g/mol. The van der Waals surface area contributed by atoms with Crippen molar-refractivity contribution in [2.45, 2.75) is 46.5 Å². The second-order valence-electron chi connectivity index (χ2n) is 6.96. The number of aromatic nitrogens is 1. The predicted molar refractivity (Wildman–Crippen MR) is 88.9 cm³/mol. The van der Waals surface area contributed by atoms with Crippen molar-refractivity contribution in [3.05, 3.63) is 42.2 Å². The Bertz CT molecular complexity index is 731. The van der Waals surface area contributed by atoms with Gasteiger partial charge in [-0.1, -0.05) is 12.1 Å². The fraction of sp³-hybridized carbons (Fsp3) is 0.421. The van der Waals surface area contributed by atoms with E-state index in [0.717, 1.165) is 24.1 Å². The fourth-order valence-corrected chi connectivity index (χ4v) is 2.77. The summed E-state index contributed by atoms with van der Waals surface area (Å²) in [5.74, 6) is 0.454. The molecular weight excluding hydrogens is 274 g/mol. The zero-order valence-electron chi connectivity index (χ0n) is 13.6. The van der Waals surface area contributed by atoms with Gasteiger partial charge in [0.1, 0.15) is 0 Å². The van der Waals surface area contributed by atoms with Gasteiger partial charge in [0.05, 0.1) is 16.6 Å². The molecule has 0 radical (unpaired) electrons. The average molecular weight is 297 g/mol. The Labute approximate surface area is 131 Å². The number of ether oxygens (including phenoxy) is 1. The SMILES string of the molecule is CC(C)(C)C(=O)Oc1cc(C2=CCCCC2)n2ccccc12. The molecule has 0 atom stereocenters. The Hall–Kier alpha value is -2.03. The largest absolute Gasteiger partial charge is 0.424 e. The normalized spacial score (nSPS) is 15.7. The Morgan fingerprint density at radius 1 is 1.23 bits per heavy atom. The van der Waals surface area contributed by atoms with Crippen LogP contribution in [-0.4, -0.2) is 10.4 Å². The molecule has 0 N–H and O–H groups in total. The van der Waals surface area contributed by atoms with Crippen LogP contribution in [0.2, 0.25) is 0 Å². The number of esters is 1. The third-order valence-corrected chi connectivity index (χ3v) is 4.07. The molecule has 0 bridgehead atoms. The number of carbonyl (C=O) groups excluding carboxylic acids is 1. The molecular formula is C19H23NO2. The zero-order chi connectivity index (χ0) is 15.7. The summed E-state index contributed by atoms with van der Waals surface area (Å²) in [5.41, 5.74) is 2.94. The van der Waals surface area contributed by atoms with Crippen LogP contribution >= 0.6 is 0 Å². The van der Waals surface area contributed by atoms with E-state index in [0.29, 0.717) is 5.75 Å². The van der Waals surface area contributed by atoms with Gasteiger partial charge in [0, 0.05) is 12.3 Å². The van der Waals surface area contributed by atoms with Crippen LogP contribution < -0.4 is 4.74 Å². The van der Waals surface area contributed by atoms with Gasteiger partial charge in [0.2, 0.25) is 0 Å². The lowest BCUT2D eigenvalue weighted by Gasteiger charge is -2.15. The first-order chi connectivity index (χ1) is 10.5. The van der Waals surface area contributed by atoms with Crippen molar-refractivity contribution >= 4 is 17.1 Å². The minimum Gasteiger partial charge on any atom is -0.424 e. The van der Waals surface area contributed by atoms with Crippen molar-refractivity contribution < 1.29 is 9.53 Å². The molecule has 0 saturated carbocycles. The molecule has 0 amide bonds. The summed E-state index contributed by atoms with van der Waals surface area (Å²) in [6.07, 6.45) is 9.06. The molecule has 2 heterocycles. The van der Waals surface area contributed by atoms with Crippen molar-refractivity contribution in [3.63, 3.8) is 0 Å². The molecule has 0 unspecified atom stereocenters. The molecule has 3 heteroatoms. The highest BCUT2D eigenvalue weighted by molar-refractivity contribution is 5.82. The quantitative estimate of drug-likeness (QED) is 0.742. The summed E-state index contributed by atoms with van der Waals surface area (Å²) < 4.78 is 7.80. The summed E-state index contributed by atoms with van der Waals surface area (Å²) in [6.45, 7) is 5.62. The van der Waals surface area contributed by atoms with Gasteiger partial charge < -0.3 is 9.14 Å². The lowest BCUT2D eigenvalue weighted by atomic mass is 9.97. The molecule has 0 saturated heterocycles. The Morgan fingerprint density at radius 2 is 2.05 bits per heavy atom. The van der Waals surface area contributed by atoms with E-state index in [1.54, 1.807) is 0 Å². The van der Waals surface area contributed by atoms with Crippen molar-refractivity contribution in [2.24, 2.45) is 5.41 Å². The summed E-state index contributed by atoms with van der Waals surface area (Å²) in [7, 11) is 0. The van der Waals surface area contributed by atoms with Crippen molar-refractivity contribution in [2.75, 3.05) is 0 Å². The van der Waals surface area contributed by atoms with Crippen molar-refractivity contribution in [1.29, 1.82) is 0 Å². The third kappa shape index (κ3) is 2.80. The molecule has 2 aromatic rings. The van der Waals surface area contributed by atoms with Gasteiger partial charge in [-0.05, 0) is 64.2 Å². The van der Waals surface area contributed by atoms with Gasteiger partial charge in [-0.2, -0.15) is 0 Å². The van der Waals surface area contributed by atoms with E-state index >= 15 is 0 Å². The highest BCUT2D eigenvalue weighted by Gasteiger charge is 2.25. The van der Waals surface area contributed by atoms with E-state index in [9.17, 15) is 4.79 Å². The van der Waals surface area contributed by atoms with Gasteiger partial charge in [0.15, 0.2) is 5.75 Å². The van der Waals surface area contributed by atoms with Crippen LogP contribution in [0.3, 0.4) is 0 Å². The molecule has 22 heavy (non-hydrogen) atoms. The maximum absolute atomic E-state index is 12.2. The first-order valence-electron chi connectivity index (χ1n) is 7.98. The van der Waals surface area contributed by atoms with Crippen LogP contribution in [0.5, 0.6) is 5.75 Å². The van der Waals surface area contributed by atoms with Gasteiger partial charge in [-0.15, -0.1) is 0 Å². The molecule has 0 fully saturated rings. The van der Waals surface area contributed by atoms with E-state index in [-0.39, 0.29) is 5.97 Å². The molecule has 1 aliphatic rings. The number of fused-ring (bicyclic) bond motifs is 1. The van der Waals surface area contributed by atoms with E-state index in [1.807, 2.05) is 51.2 Å². The summed E-state index contributed by atoms with van der Waals surface area (Å²) in [5, 5.41) is 0. The minimum absolute atomic E-state index is 0.201. The molecule has 3 nitrogen and oxygen atoms in total. The van der Waals surface area contributed by atoms with Gasteiger partial charge in [-0.25, -0.2) is 0 Å². The summed E-state index contributed by atoms with van der Waals surface area (Å²) >= 11 is 0. The minimum atomic E-state index is -0.507. The first-order valence-corrected chi connectivity index (χ1v) is 7.98. The first kappa shape index (κ1) is 14.9.